The van der Waals surface area contributed by atoms with Crippen molar-refractivity contribution in [3.8, 4) is 0 Å². The van der Waals surface area contributed by atoms with Crippen LogP contribution in [-0.4, -0.2) is 60.0 Å². The van der Waals surface area contributed by atoms with E-state index in [1.165, 1.54) is 19.3 Å². The number of carbonyl (C=O) groups is 1. The number of amides is 1. The van der Waals surface area contributed by atoms with Crippen LogP contribution in [0.15, 0.2) is 24.3 Å². The topological polar surface area (TPSA) is 52.6 Å². The molecule has 3 heterocycles. The van der Waals surface area contributed by atoms with E-state index in [2.05, 4.69) is 14.8 Å². The molecule has 2 aliphatic heterocycles. The summed E-state index contributed by atoms with van der Waals surface area (Å²) in [5.41, 5.74) is 1.47. The van der Waals surface area contributed by atoms with Gasteiger partial charge in [0.25, 0.3) is 5.91 Å². The number of carbonyl (C=O) groups excluding carboxylic acids is 1. The van der Waals surface area contributed by atoms with Gasteiger partial charge in [-0.1, -0.05) is 23.2 Å². The average molecular weight is 434 g/mol. The molecular formula is C21H25Cl2N5O. The van der Waals surface area contributed by atoms with Crippen molar-refractivity contribution in [1.82, 2.24) is 14.9 Å². The van der Waals surface area contributed by atoms with Crippen molar-refractivity contribution in [2.75, 3.05) is 49.1 Å². The molecule has 2 aromatic rings. The first-order chi connectivity index (χ1) is 14.0. The highest BCUT2D eigenvalue weighted by Crippen LogP contribution is 2.24. The molecule has 2 fully saturated rings. The van der Waals surface area contributed by atoms with Gasteiger partial charge in [-0.2, -0.15) is 4.98 Å². The second-order valence-corrected chi connectivity index (χ2v) is 8.46. The molecule has 1 aromatic heterocycles. The summed E-state index contributed by atoms with van der Waals surface area (Å²) in [6, 6.07) is 7.03. The van der Waals surface area contributed by atoms with E-state index in [0.717, 1.165) is 43.6 Å². The molecule has 0 spiro atoms. The van der Waals surface area contributed by atoms with E-state index in [0.29, 0.717) is 28.7 Å². The molecule has 0 bridgehead atoms. The van der Waals surface area contributed by atoms with Crippen LogP contribution in [0.4, 0.5) is 11.8 Å². The van der Waals surface area contributed by atoms with Gasteiger partial charge in [-0.3, -0.25) is 4.79 Å². The van der Waals surface area contributed by atoms with Crippen molar-refractivity contribution >= 4 is 40.9 Å². The number of hydrogen-bond donors (Lipinski definition) is 0. The molecule has 8 heteroatoms. The molecule has 0 atom stereocenters. The summed E-state index contributed by atoms with van der Waals surface area (Å²) in [4.78, 5) is 28.7. The Morgan fingerprint density at radius 2 is 1.62 bits per heavy atom. The summed E-state index contributed by atoms with van der Waals surface area (Å²) < 4.78 is 0. The molecule has 1 aromatic carbocycles. The van der Waals surface area contributed by atoms with Crippen LogP contribution < -0.4 is 9.80 Å². The van der Waals surface area contributed by atoms with Crippen molar-refractivity contribution in [2.24, 2.45) is 0 Å². The van der Waals surface area contributed by atoms with Gasteiger partial charge in [0.1, 0.15) is 5.82 Å². The van der Waals surface area contributed by atoms with Crippen molar-refractivity contribution < 1.29 is 4.79 Å². The fraction of sp³-hybridized carbons (Fsp3) is 0.476. The standard InChI is InChI=1S/C21H25Cl2N5O/c1-15-13-19(25-21(24-15)28-7-3-2-4-8-28)26-9-11-27(12-10-26)20(29)17-6-5-16(22)14-18(17)23/h5-6,13-14H,2-4,7-12H2,1H3. The van der Waals surface area contributed by atoms with Crippen LogP contribution in [0.2, 0.25) is 10.0 Å². The molecule has 2 saturated heterocycles. The molecule has 0 N–H and O–H groups in total. The maximum absolute atomic E-state index is 12.8. The molecule has 154 valence electrons. The summed E-state index contributed by atoms with van der Waals surface area (Å²) in [5.74, 6) is 1.71. The Labute approximate surface area is 181 Å². The lowest BCUT2D eigenvalue weighted by Gasteiger charge is -2.36. The van der Waals surface area contributed by atoms with Gasteiger partial charge in [0, 0.05) is 56.1 Å². The number of benzene rings is 1. The lowest BCUT2D eigenvalue weighted by atomic mass is 10.1. The Hall–Kier alpha value is -2.05. The van der Waals surface area contributed by atoms with E-state index in [1.807, 2.05) is 17.9 Å². The van der Waals surface area contributed by atoms with E-state index < -0.39 is 0 Å². The molecule has 0 radical (unpaired) electrons. The van der Waals surface area contributed by atoms with Gasteiger partial charge in [0.2, 0.25) is 5.95 Å². The summed E-state index contributed by atoms with van der Waals surface area (Å²) in [6.07, 6.45) is 3.67. The predicted molar refractivity (Wildman–Crippen MR) is 117 cm³/mol. The summed E-state index contributed by atoms with van der Waals surface area (Å²) in [6.45, 7) is 6.76. The van der Waals surface area contributed by atoms with Crippen molar-refractivity contribution in [1.29, 1.82) is 0 Å². The number of halogens is 2. The van der Waals surface area contributed by atoms with Gasteiger partial charge >= 0.3 is 0 Å². The van der Waals surface area contributed by atoms with Crippen LogP contribution in [-0.2, 0) is 0 Å². The molecule has 0 aliphatic carbocycles. The monoisotopic (exact) mass is 433 g/mol. The Balaban J connectivity index is 1.44. The van der Waals surface area contributed by atoms with Crippen molar-refractivity contribution in [3.63, 3.8) is 0 Å². The fourth-order valence-corrected chi connectivity index (χ4v) is 4.40. The number of aromatic nitrogens is 2. The van der Waals surface area contributed by atoms with E-state index in [9.17, 15) is 4.79 Å². The molecule has 4 rings (SSSR count). The second-order valence-electron chi connectivity index (χ2n) is 7.62. The van der Waals surface area contributed by atoms with Crippen LogP contribution >= 0.6 is 23.2 Å². The van der Waals surface area contributed by atoms with E-state index in [1.54, 1.807) is 18.2 Å². The predicted octanol–water partition coefficient (Wildman–Crippen LogP) is 4.04. The zero-order valence-electron chi connectivity index (χ0n) is 16.6. The highest BCUT2D eigenvalue weighted by Gasteiger charge is 2.25. The van der Waals surface area contributed by atoms with Gasteiger partial charge in [-0.25, -0.2) is 4.98 Å². The van der Waals surface area contributed by atoms with Crippen LogP contribution in [0, 0.1) is 6.92 Å². The van der Waals surface area contributed by atoms with Gasteiger partial charge in [0.05, 0.1) is 10.6 Å². The Kier molecular flexibility index (Phi) is 6.11. The molecule has 1 amide bonds. The number of rotatable bonds is 3. The third-order valence-corrected chi connectivity index (χ3v) is 6.07. The average Bonchev–Trinajstić information content (AvgIpc) is 2.74. The van der Waals surface area contributed by atoms with E-state index >= 15 is 0 Å². The number of nitrogens with zero attached hydrogens (tertiary/aromatic N) is 5. The molecule has 0 saturated carbocycles. The fourth-order valence-electron chi connectivity index (χ4n) is 3.91. The highest BCUT2D eigenvalue weighted by molar-refractivity contribution is 6.36. The minimum absolute atomic E-state index is 0.0563. The lowest BCUT2D eigenvalue weighted by Crippen LogP contribution is -2.49. The number of anilines is 2. The molecule has 2 aliphatic rings. The Morgan fingerprint density at radius 3 is 2.31 bits per heavy atom. The van der Waals surface area contributed by atoms with Gasteiger partial charge in [0.15, 0.2) is 0 Å². The van der Waals surface area contributed by atoms with Crippen molar-refractivity contribution in [3.05, 3.63) is 45.6 Å². The molecule has 0 unspecified atom stereocenters. The van der Waals surface area contributed by atoms with Gasteiger partial charge < -0.3 is 14.7 Å². The molecular weight excluding hydrogens is 409 g/mol. The summed E-state index contributed by atoms with van der Waals surface area (Å²) in [5, 5.41) is 0.919. The third-order valence-electron chi connectivity index (χ3n) is 5.52. The van der Waals surface area contributed by atoms with Gasteiger partial charge in [-0.05, 0) is 44.4 Å². The quantitative estimate of drug-likeness (QED) is 0.730. The number of piperidine rings is 1. The first-order valence-corrected chi connectivity index (χ1v) is 10.9. The minimum Gasteiger partial charge on any atom is -0.353 e. The summed E-state index contributed by atoms with van der Waals surface area (Å²) in [7, 11) is 0. The SMILES string of the molecule is Cc1cc(N2CCN(C(=O)c3ccc(Cl)cc3Cl)CC2)nc(N2CCCCC2)n1. The van der Waals surface area contributed by atoms with Crippen LogP contribution in [0.5, 0.6) is 0 Å². The maximum Gasteiger partial charge on any atom is 0.255 e. The minimum atomic E-state index is -0.0563. The first kappa shape index (κ1) is 20.2. The number of hydrogen-bond acceptors (Lipinski definition) is 5. The highest BCUT2D eigenvalue weighted by atomic mass is 35.5. The van der Waals surface area contributed by atoms with E-state index in [4.69, 9.17) is 28.2 Å². The smallest absolute Gasteiger partial charge is 0.255 e. The largest absolute Gasteiger partial charge is 0.353 e. The lowest BCUT2D eigenvalue weighted by molar-refractivity contribution is 0.0746. The van der Waals surface area contributed by atoms with E-state index in [-0.39, 0.29) is 5.91 Å². The second kappa shape index (κ2) is 8.76. The Bertz CT molecular complexity index is 893. The number of aryl methyl sites for hydroxylation is 1. The zero-order chi connectivity index (χ0) is 20.4. The van der Waals surface area contributed by atoms with Crippen LogP contribution in [0.25, 0.3) is 0 Å². The molecule has 6 nitrogen and oxygen atoms in total. The van der Waals surface area contributed by atoms with Crippen LogP contribution in [0.1, 0.15) is 35.3 Å². The zero-order valence-corrected chi connectivity index (χ0v) is 18.1. The number of piperazine rings is 1. The van der Waals surface area contributed by atoms with Crippen LogP contribution in [0.3, 0.4) is 0 Å². The Morgan fingerprint density at radius 1 is 0.897 bits per heavy atom. The maximum atomic E-state index is 12.8. The van der Waals surface area contributed by atoms with Gasteiger partial charge in [-0.15, -0.1) is 0 Å². The summed E-state index contributed by atoms with van der Waals surface area (Å²) >= 11 is 12.2. The molecule has 29 heavy (non-hydrogen) atoms. The van der Waals surface area contributed by atoms with Crippen molar-refractivity contribution in [2.45, 2.75) is 26.2 Å². The third kappa shape index (κ3) is 4.59. The first-order valence-electron chi connectivity index (χ1n) is 10.1. The normalized spacial score (nSPS) is 17.6.